The smallest absolute Gasteiger partial charge is 0.404 e. The van der Waals surface area contributed by atoms with E-state index in [-0.39, 0.29) is 18.5 Å². The zero-order valence-corrected chi connectivity index (χ0v) is 10.4. The molecule has 2 aliphatic heterocycles. The molecule has 2 saturated heterocycles. The molecule has 0 aromatic heterocycles. The Hall–Kier alpha value is 0.01000. The zero-order chi connectivity index (χ0) is 10.1. The molecule has 2 rings (SSSR count). The Morgan fingerprint density at radius 2 is 1.93 bits per heavy atom. The van der Waals surface area contributed by atoms with Crippen molar-refractivity contribution in [1.82, 2.24) is 4.90 Å². The summed E-state index contributed by atoms with van der Waals surface area (Å²) in [7, 11) is 0. The van der Waals surface area contributed by atoms with Crippen LogP contribution in [0.5, 0.6) is 0 Å². The minimum Gasteiger partial charge on any atom is -0.450 e. The van der Waals surface area contributed by atoms with Gasteiger partial charge in [-0.1, -0.05) is 6.92 Å². The van der Waals surface area contributed by atoms with Crippen molar-refractivity contribution in [1.29, 1.82) is 0 Å². The van der Waals surface area contributed by atoms with Crippen molar-refractivity contribution in [3.05, 3.63) is 0 Å². The van der Waals surface area contributed by atoms with Crippen molar-refractivity contribution in [2.24, 2.45) is 0 Å². The molecule has 3 nitrogen and oxygen atoms in total. The van der Waals surface area contributed by atoms with Crippen LogP contribution in [0.2, 0.25) is 0 Å². The molecule has 0 aromatic rings. The fourth-order valence-electron chi connectivity index (χ4n) is 2.97. The molecule has 0 radical (unpaired) electrons. The standard InChI is InChI=1S/C10H16ClNO2.ClH/c1-2-12-7-3-4-8(12)6-9(5-7)14-10(11)13;/h7-9H,2-6H2,1H3;1H/t7-,8+,9+;. The lowest BCUT2D eigenvalue weighted by Crippen LogP contribution is -2.45. The normalized spacial score (nSPS) is 34.7. The van der Waals surface area contributed by atoms with Gasteiger partial charge >= 0.3 is 5.43 Å². The Balaban J connectivity index is 0.00000112. The van der Waals surface area contributed by atoms with Crippen molar-refractivity contribution in [2.45, 2.75) is 50.8 Å². The third-order valence-corrected chi connectivity index (χ3v) is 3.55. The summed E-state index contributed by atoms with van der Waals surface area (Å²) < 4.78 is 5.06. The van der Waals surface area contributed by atoms with Gasteiger partial charge in [0.25, 0.3) is 0 Å². The van der Waals surface area contributed by atoms with Crippen molar-refractivity contribution in [3.8, 4) is 0 Å². The molecule has 88 valence electrons. The summed E-state index contributed by atoms with van der Waals surface area (Å²) in [5.41, 5.74) is -0.653. The van der Waals surface area contributed by atoms with Gasteiger partial charge in [-0.15, -0.1) is 12.4 Å². The molecule has 0 amide bonds. The number of hydrogen-bond acceptors (Lipinski definition) is 3. The highest BCUT2D eigenvalue weighted by Gasteiger charge is 2.40. The van der Waals surface area contributed by atoms with E-state index in [0.717, 1.165) is 19.4 Å². The minimum absolute atomic E-state index is 0. The molecule has 15 heavy (non-hydrogen) atoms. The Morgan fingerprint density at radius 3 is 2.33 bits per heavy atom. The molecule has 0 aromatic carbocycles. The van der Waals surface area contributed by atoms with E-state index in [9.17, 15) is 4.79 Å². The van der Waals surface area contributed by atoms with Gasteiger partial charge in [-0.2, -0.15) is 0 Å². The highest BCUT2D eigenvalue weighted by atomic mass is 35.5. The van der Waals surface area contributed by atoms with Gasteiger partial charge in [0.05, 0.1) is 0 Å². The van der Waals surface area contributed by atoms with Gasteiger partial charge in [0.1, 0.15) is 6.10 Å². The maximum atomic E-state index is 10.6. The topological polar surface area (TPSA) is 29.5 Å². The number of fused-ring (bicyclic) bond motifs is 2. The Morgan fingerprint density at radius 1 is 1.40 bits per heavy atom. The van der Waals surface area contributed by atoms with Gasteiger partial charge in [-0.25, -0.2) is 4.79 Å². The first-order valence-electron chi connectivity index (χ1n) is 5.32. The summed E-state index contributed by atoms with van der Waals surface area (Å²) in [6.07, 6.45) is 4.47. The number of carbonyl (C=O) groups is 1. The fraction of sp³-hybridized carbons (Fsp3) is 0.900. The van der Waals surface area contributed by atoms with Crippen molar-refractivity contribution >= 4 is 29.4 Å². The van der Waals surface area contributed by atoms with E-state index in [1.807, 2.05) is 0 Å². The molecular weight excluding hydrogens is 237 g/mol. The molecule has 0 unspecified atom stereocenters. The summed E-state index contributed by atoms with van der Waals surface area (Å²) in [4.78, 5) is 13.2. The lowest BCUT2D eigenvalue weighted by atomic mass is 10.00. The SMILES string of the molecule is CCN1[C@@H]2CC[C@H]1C[C@@H](OC(=O)Cl)C2.Cl. The largest absolute Gasteiger partial charge is 0.450 e. The number of halogens is 2. The average Bonchev–Trinajstić information content (AvgIpc) is 2.36. The van der Waals surface area contributed by atoms with Crippen LogP contribution in [0.3, 0.4) is 0 Å². The van der Waals surface area contributed by atoms with E-state index in [1.54, 1.807) is 0 Å². The van der Waals surface area contributed by atoms with Crippen LogP contribution in [0.25, 0.3) is 0 Å². The maximum Gasteiger partial charge on any atom is 0.404 e. The highest BCUT2D eigenvalue weighted by Crippen LogP contribution is 2.36. The number of carbonyl (C=O) groups excluding carboxylic acids is 1. The predicted octanol–water partition coefficient (Wildman–Crippen LogP) is 2.80. The maximum absolute atomic E-state index is 10.6. The summed E-state index contributed by atoms with van der Waals surface area (Å²) in [5.74, 6) is 0. The third-order valence-electron chi connectivity index (χ3n) is 3.47. The molecule has 3 atom stereocenters. The highest BCUT2D eigenvalue weighted by molar-refractivity contribution is 6.61. The molecule has 2 aliphatic rings. The summed E-state index contributed by atoms with van der Waals surface area (Å²) in [5, 5.41) is 0. The first kappa shape index (κ1) is 13.1. The van der Waals surface area contributed by atoms with E-state index in [2.05, 4.69) is 11.8 Å². The van der Waals surface area contributed by atoms with Crippen LogP contribution < -0.4 is 0 Å². The molecule has 0 saturated carbocycles. The first-order chi connectivity index (χ1) is 6.70. The second-order valence-electron chi connectivity index (χ2n) is 4.16. The molecule has 2 bridgehead atoms. The average molecular weight is 254 g/mol. The van der Waals surface area contributed by atoms with Crippen LogP contribution in [0.15, 0.2) is 0 Å². The van der Waals surface area contributed by atoms with Crippen LogP contribution in [-0.4, -0.2) is 35.1 Å². The van der Waals surface area contributed by atoms with Crippen molar-refractivity contribution in [2.75, 3.05) is 6.54 Å². The Bertz CT molecular complexity index is 223. The zero-order valence-electron chi connectivity index (χ0n) is 8.82. The second-order valence-corrected chi connectivity index (χ2v) is 4.47. The fourth-order valence-corrected chi connectivity index (χ4v) is 3.09. The monoisotopic (exact) mass is 253 g/mol. The number of piperidine rings is 1. The van der Waals surface area contributed by atoms with Crippen molar-refractivity contribution < 1.29 is 9.53 Å². The Labute approximate surface area is 102 Å². The van der Waals surface area contributed by atoms with E-state index in [4.69, 9.17) is 16.3 Å². The van der Waals surface area contributed by atoms with Gasteiger partial charge in [0, 0.05) is 36.5 Å². The van der Waals surface area contributed by atoms with Crippen LogP contribution >= 0.6 is 24.0 Å². The van der Waals surface area contributed by atoms with Gasteiger partial charge < -0.3 is 4.74 Å². The Kier molecular flexibility index (Phi) is 4.68. The first-order valence-corrected chi connectivity index (χ1v) is 5.70. The summed E-state index contributed by atoms with van der Waals surface area (Å²) in [6, 6.07) is 1.22. The summed E-state index contributed by atoms with van der Waals surface area (Å²) >= 11 is 5.22. The molecule has 5 heteroatoms. The van der Waals surface area contributed by atoms with Gasteiger partial charge in [-0.3, -0.25) is 4.90 Å². The van der Waals surface area contributed by atoms with Crippen LogP contribution in [-0.2, 0) is 4.74 Å². The molecule has 2 heterocycles. The van der Waals surface area contributed by atoms with Crippen molar-refractivity contribution in [3.63, 3.8) is 0 Å². The van der Waals surface area contributed by atoms with E-state index in [0.29, 0.717) is 12.1 Å². The van der Waals surface area contributed by atoms with Gasteiger partial charge in [0.15, 0.2) is 0 Å². The summed E-state index contributed by atoms with van der Waals surface area (Å²) in [6.45, 7) is 3.30. The third kappa shape index (κ3) is 2.77. The minimum atomic E-state index is -0.653. The van der Waals surface area contributed by atoms with Crippen LogP contribution in [0.1, 0.15) is 32.6 Å². The molecule has 0 spiro atoms. The number of hydrogen-bond donors (Lipinski definition) is 0. The van der Waals surface area contributed by atoms with E-state index >= 15 is 0 Å². The van der Waals surface area contributed by atoms with Crippen LogP contribution in [0.4, 0.5) is 4.79 Å². The second kappa shape index (κ2) is 5.37. The van der Waals surface area contributed by atoms with E-state index in [1.165, 1.54) is 12.8 Å². The van der Waals surface area contributed by atoms with Gasteiger partial charge in [-0.05, 0) is 19.4 Å². The number of ether oxygens (including phenoxy) is 1. The number of nitrogens with zero attached hydrogens (tertiary/aromatic N) is 1. The lowest BCUT2D eigenvalue weighted by Gasteiger charge is -2.37. The molecule has 2 fully saturated rings. The predicted molar refractivity (Wildman–Crippen MR) is 61.8 cm³/mol. The van der Waals surface area contributed by atoms with Gasteiger partial charge in [0.2, 0.25) is 0 Å². The quantitative estimate of drug-likeness (QED) is 0.709. The van der Waals surface area contributed by atoms with Crippen LogP contribution in [0, 0.1) is 0 Å². The molecule has 0 N–H and O–H groups in total. The number of rotatable bonds is 2. The van der Waals surface area contributed by atoms with E-state index < -0.39 is 5.43 Å². The molecule has 0 aliphatic carbocycles. The lowest BCUT2D eigenvalue weighted by molar-refractivity contribution is 0.0305. The molecular formula is C10H17Cl2NO2.